The van der Waals surface area contributed by atoms with E-state index in [1.807, 2.05) is 0 Å². The lowest BCUT2D eigenvalue weighted by Gasteiger charge is -1.96. The summed E-state index contributed by atoms with van der Waals surface area (Å²) in [6.45, 7) is 0. The van der Waals surface area contributed by atoms with E-state index in [0.29, 0.717) is 5.69 Å². The van der Waals surface area contributed by atoms with Crippen LogP contribution in [0.1, 0.15) is 5.69 Å². The summed E-state index contributed by atoms with van der Waals surface area (Å²) < 4.78 is 0. The predicted molar refractivity (Wildman–Crippen MR) is 52.0 cm³/mol. The van der Waals surface area contributed by atoms with Crippen LogP contribution in [0, 0.1) is 0 Å². The SMILES string of the molecule is CNC(=O)/C([C]=O)=C/c1ccccn1. The van der Waals surface area contributed by atoms with Crippen LogP contribution in [0.3, 0.4) is 0 Å². The van der Waals surface area contributed by atoms with Crippen molar-refractivity contribution >= 4 is 18.3 Å². The summed E-state index contributed by atoms with van der Waals surface area (Å²) in [5.41, 5.74) is 0.487. The van der Waals surface area contributed by atoms with Gasteiger partial charge in [-0.25, -0.2) is 0 Å². The summed E-state index contributed by atoms with van der Waals surface area (Å²) in [4.78, 5) is 25.5. The Hall–Kier alpha value is -1.97. The van der Waals surface area contributed by atoms with E-state index in [-0.39, 0.29) is 5.57 Å². The van der Waals surface area contributed by atoms with Crippen molar-refractivity contribution in [2.45, 2.75) is 0 Å². The average molecular weight is 189 g/mol. The molecule has 1 N–H and O–H groups in total. The van der Waals surface area contributed by atoms with Gasteiger partial charge in [0.2, 0.25) is 6.29 Å². The smallest absolute Gasteiger partial charge is 0.255 e. The van der Waals surface area contributed by atoms with Crippen molar-refractivity contribution in [1.29, 1.82) is 0 Å². The summed E-state index contributed by atoms with van der Waals surface area (Å²) >= 11 is 0. The minimum atomic E-state index is -0.467. The molecule has 0 aliphatic heterocycles. The highest BCUT2D eigenvalue weighted by molar-refractivity contribution is 6.14. The lowest BCUT2D eigenvalue weighted by atomic mass is 10.2. The molecule has 0 aliphatic rings. The number of likely N-dealkylation sites (N-methyl/N-ethyl adjacent to an activating group) is 1. The topological polar surface area (TPSA) is 59.1 Å². The van der Waals surface area contributed by atoms with Crippen molar-refractivity contribution in [2.24, 2.45) is 0 Å². The van der Waals surface area contributed by atoms with Gasteiger partial charge in [-0.3, -0.25) is 14.6 Å². The number of carbonyl (C=O) groups excluding carboxylic acids is 2. The molecule has 0 saturated heterocycles. The van der Waals surface area contributed by atoms with Crippen molar-refractivity contribution in [2.75, 3.05) is 7.05 Å². The number of carbonyl (C=O) groups is 1. The maximum absolute atomic E-state index is 11.1. The third-order valence-corrected chi connectivity index (χ3v) is 1.56. The fourth-order valence-electron chi connectivity index (χ4n) is 0.885. The quantitative estimate of drug-likeness (QED) is 0.423. The Labute approximate surface area is 81.7 Å². The van der Waals surface area contributed by atoms with Gasteiger partial charge in [-0.1, -0.05) is 6.07 Å². The maximum atomic E-state index is 11.1. The largest absolute Gasteiger partial charge is 0.355 e. The molecule has 71 valence electrons. The van der Waals surface area contributed by atoms with Crippen LogP contribution >= 0.6 is 0 Å². The Morgan fingerprint density at radius 1 is 1.57 bits per heavy atom. The zero-order valence-electron chi connectivity index (χ0n) is 7.65. The van der Waals surface area contributed by atoms with Crippen LogP contribution in [-0.4, -0.2) is 24.2 Å². The van der Waals surface area contributed by atoms with E-state index in [0.717, 1.165) is 0 Å². The first-order valence-electron chi connectivity index (χ1n) is 4.01. The van der Waals surface area contributed by atoms with Gasteiger partial charge >= 0.3 is 0 Å². The van der Waals surface area contributed by atoms with Crippen LogP contribution in [0.2, 0.25) is 0 Å². The molecule has 0 aromatic carbocycles. The first-order chi connectivity index (χ1) is 6.77. The van der Waals surface area contributed by atoms with E-state index in [4.69, 9.17) is 0 Å². The van der Waals surface area contributed by atoms with Gasteiger partial charge in [-0.15, -0.1) is 0 Å². The molecule has 1 aromatic rings. The second kappa shape index (κ2) is 4.91. The molecular weight excluding hydrogens is 180 g/mol. The van der Waals surface area contributed by atoms with Crippen LogP contribution in [-0.2, 0) is 9.59 Å². The molecule has 0 atom stereocenters. The van der Waals surface area contributed by atoms with Gasteiger partial charge in [0.25, 0.3) is 5.91 Å². The molecule has 1 rings (SSSR count). The van der Waals surface area contributed by atoms with E-state index in [9.17, 15) is 9.59 Å². The highest BCUT2D eigenvalue weighted by atomic mass is 16.2. The molecule has 0 fully saturated rings. The third-order valence-electron chi connectivity index (χ3n) is 1.56. The van der Waals surface area contributed by atoms with Gasteiger partial charge in [-0.05, 0) is 18.2 Å². The van der Waals surface area contributed by atoms with Crippen LogP contribution in [0.25, 0.3) is 6.08 Å². The Morgan fingerprint density at radius 3 is 2.86 bits per heavy atom. The van der Waals surface area contributed by atoms with Gasteiger partial charge < -0.3 is 5.32 Å². The number of rotatable bonds is 3. The van der Waals surface area contributed by atoms with Crippen LogP contribution < -0.4 is 5.32 Å². The standard InChI is InChI=1S/C10H9N2O2/c1-11-10(14)8(7-13)6-9-4-2-3-5-12-9/h2-6H,1H3,(H,11,14)/b8-6+. The molecule has 0 bridgehead atoms. The van der Waals surface area contributed by atoms with Crippen LogP contribution in [0.15, 0.2) is 30.0 Å². The van der Waals surface area contributed by atoms with E-state index >= 15 is 0 Å². The number of pyridine rings is 1. The number of aromatic nitrogens is 1. The molecule has 14 heavy (non-hydrogen) atoms. The van der Waals surface area contributed by atoms with E-state index in [1.165, 1.54) is 13.1 Å². The van der Waals surface area contributed by atoms with E-state index < -0.39 is 5.91 Å². The fraction of sp³-hybridized carbons (Fsp3) is 0.100. The Bertz CT molecular complexity index is 358. The number of nitrogens with one attached hydrogen (secondary N) is 1. The summed E-state index contributed by atoms with van der Waals surface area (Å²) in [6.07, 6.45) is 4.52. The average Bonchev–Trinajstić information content (AvgIpc) is 2.26. The van der Waals surface area contributed by atoms with Gasteiger partial charge in [0.05, 0.1) is 11.3 Å². The normalized spacial score (nSPS) is 10.8. The van der Waals surface area contributed by atoms with E-state index in [1.54, 1.807) is 30.7 Å². The van der Waals surface area contributed by atoms with Crippen molar-refractivity contribution in [3.8, 4) is 0 Å². The van der Waals surface area contributed by atoms with Gasteiger partial charge in [0.15, 0.2) is 0 Å². The number of amides is 1. The first kappa shape index (κ1) is 10.1. The molecule has 1 heterocycles. The molecule has 0 saturated carbocycles. The summed E-state index contributed by atoms with van der Waals surface area (Å²) in [6, 6.07) is 5.22. The monoisotopic (exact) mass is 189 g/mol. The number of hydrogen-bond donors (Lipinski definition) is 1. The molecule has 1 amide bonds. The van der Waals surface area contributed by atoms with Crippen LogP contribution in [0.5, 0.6) is 0 Å². The zero-order valence-corrected chi connectivity index (χ0v) is 7.65. The Balaban J connectivity index is 2.95. The summed E-state index contributed by atoms with van der Waals surface area (Å²) in [5, 5.41) is 2.34. The Kier molecular flexibility index (Phi) is 3.55. The zero-order chi connectivity index (χ0) is 10.4. The molecule has 4 nitrogen and oxygen atoms in total. The molecule has 4 heteroatoms. The van der Waals surface area contributed by atoms with Crippen molar-refractivity contribution in [3.63, 3.8) is 0 Å². The summed E-state index contributed by atoms with van der Waals surface area (Å²) in [5.74, 6) is -0.467. The van der Waals surface area contributed by atoms with Gasteiger partial charge in [-0.2, -0.15) is 0 Å². The Morgan fingerprint density at radius 2 is 2.36 bits per heavy atom. The van der Waals surface area contributed by atoms with Crippen LogP contribution in [0.4, 0.5) is 0 Å². The second-order valence-electron chi connectivity index (χ2n) is 2.49. The highest BCUT2D eigenvalue weighted by Crippen LogP contribution is 2.01. The minimum absolute atomic E-state index is 0.0637. The molecule has 1 radical (unpaired) electrons. The van der Waals surface area contributed by atoms with Crippen molar-refractivity contribution < 1.29 is 9.59 Å². The molecule has 0 unspecified atom stereocenters. The highest BCUT2D eigenvalue weighted by Gasteiger charge is 2.06. The van der Waals surface area contributed by atoms with Gasteiger partial charge in [0, 0.05) is 13.2 Å². The second-order valence-corrected chi connectivity index (χ2v) is 2.49. The fourth-order valence-corrected chi connectivity index (χ4v) is 0.885. The third kappa shape index (κ3) is 2.52. The lowest BCUT2D eigenvalue weighted by molar-refractivity contribution is -0.116. The first-order valence-corrected chi connectivity index (χ1v) is 4.01. The van der Waals surface area contributed by atoms with Gasteiger partial charge in [0.1, 0.15) is 0 Å². The van der Waals surface area contributed by atoms with E-state index in [2.05, 4.69) is 10.3 Å². The van der Waals surface area contributed by atoms with Crippen molar-refractivity contribution in [1.82, 2.24) is 10.3 Å². The number of nitrogens with zero attached hydrogens (tertiary/aromatic N) is 1. The summed E-state index contributed by atoms with van der Waals surface area (Å²) in [7, 11) is 1.45. The molecule has 0 spiro atoms. The molecule has 0 aliphatic carbocycles. The number of hydrogen-bond acceptors (Lipinski definition) is 3. The molecule has 1 aromatic heterocycles. The maximum Gasteiger partial charge on any atom is 0.255 e. The minimum Gasteiger partial charge on any atom is -0.355 e. The molecular formula is C10H9N2O2. The predicted octanol–water partition coefficient (Wildman–Crippen LogP) is 0.321. The van der Waals surface area contributed by atoms with Crippen molar-refractivity contribution in [3.05, 3.63) is 35.7 Å². The lowest BCUT2D eigenvalue weighted by Crippen LogP contribution is -2.20.